The molecule has 0 unspecified atom stereocenters. The lowest BCUT2D eigenvalue weighted by molar-refractivity contribution is 1.27. The minimum atomic E-state index is -0.0746. The minimum Gasteiger partial charge on any atom is -0.328 e. The number of hydrogen-bond acceptors (Lipinski definition) is 1. The Balaban J connectivity index is 2.97. The highest BCUT2D eigenvalue weighted by atomic mass is 79.9. The molecule has 0 amide bonds. The van der Waals surface area contributed by atoms with Crippen molar-refractivity contribution in [3.63, 3.8) is 0 Å². The quantitative estimate of drug-likeness (QED) is 0.731. The molecule has 0 radical (unpaired) electrons. The predicted octanol–water partition coefficient (Wildman–Crippen LogP) is 2.29. The van der Waals surface area contributed by atoms with Gasteiger partial charge >= 0.3 is 0 Å². The molecule has 1 N–H and O–H groups in total. The van der Waals surface area contributed by atoms with E-state index in [1.807, 2.05) is 18.2 Å². The summed E-state index contributed by atoms with van der Waals surface area (Å²) in [5, 5.41) is 1.98. The molecule has 0 fully saturated rings. The van der Waals surface area contributed by atoms with Crippen molar-refractivity contribution in [2.24, 2.45) is 0 Å². The summed E-state index contributed by atoms with van der Waals surface area (Å²) >= 11 is 3.38. The lowest BCUT2D eigenvalue weighted by Crippen LogP contribution is -2.01. The van der Waals surface area contributed by atoms with E-state index in [1.165, 1.54) is 0 Å². The maximum absolute atomic E-state index is 11.0. The molecule has 1 aromatic carbocycles. The Labute approximate surface area is 77.4 Å². The van der Waals surface area contributed by atoms with E-state index < -0.39 is 0 Å². The smallest absolute Gasteiger partial charge is 0.248 e. The lowest BCUT2D eigenvalue weighted by Gasteiger charge is -1.97. The molecule has 12 heavy (non-hydrogen) atoms. The van der Waals surface area contributed by atoms with Crippen LogP contribution in [-0.2, 0) is 0 Å². The first-order valence-corrected chi connectivity index (χ1v) is 4.33. The van der Waals surface area contributed by atoms with Gasteiger partial charge in [0.05, 0.1) is 0 Å². The maximum atomic E-state index is 11.0. The number of aromatic nitrogens is 1. The van der Waals surface area contributed by atoms with E-state index in [2.05, 4.69) is 20.9 Å². The Morgan fingerprint density at radius 1 is 1.33 bits per heavy atom. The first kappa shape index (κ1) is 7.55. The molecule has 3 heteroatoms. The van der Waals surface area contributed by atoms with Gasteiger partial charge in [-0.3, -0.25) is 4.79 Å². The molecule has 0 bridgehead atoms. The molecular formula is C9H6BrNO. The Morgan fingerprint density at radius 2 is 2.17 bits per heavy atom. The van der Waals surface area contributed by atoms with Crippen LogP contribution in [0.4, 0.5) is 0 Å². The minimum absolute atomic E-state index is 0.0746. The molecule has 1 aromatic heterocycles. The summed E-state index contributed by atoms with van der Waals surface area (Å²) in [5.74, 6) is 0. The molecule has 1 heterocycles. The molecule has 0 saturated carbocycles. The normalized spacial score (nSPS) is 10.4. The van der Waals surface area contributed by atoms with E-state index >= 15 is 0 Å². The van der Waals surface area contributed by atoms with Gasteiger partial charge in [-0.05, 0) is 11.5 Å². The van der Waals surface area contributed by atoms with Crippen LogP contribution < -0.4 is 5.56 Å². The third-order valence-electron chi connectivity index (χ3n) is 1.73. The van der Waals surface area contributed by atoms with Crippen molar-refractivity contribution in [1.29, 1.82) is 0 Å². The second-order valence-corrected chi connectivity index (χ2v) is 3.39. The van der Waals surface area contributed by atoms with E-state index in [0.29, 0.717) is 0 Å². The SMILES string of the molecule is O=c1cc2c(Br)cccc2c[nH]1. The molecule has 0 atom stereocenters. The van der Waals surface area contributed by atoms with Gasteiger partial charge in [-0.2, -0.15) is 0 Å². The van der Waals surface area contributed by atoms with Gasteiger partial charge in [-0.15, -0.1) is 0 Å². The molecule has 0 spiro atoms. The van der Waals surface area contributed by atoms with E-state index in [1.54, 1.807) is 12.3 Å². The predicted molar refractivity (Wildman–Crippen MR) is 52.3 cm³/mol. The van der Waals surface area contributed by atoms with Crippen molar-refractivity contribution in [3.05, 3.63) is 45.3 Å². The van der Waals surface area contributed by atoms with Gasteiger partial charge < -0.3 is 4.98 Å². The number of nitrogens with one attached hydrogen (secondary N) is 1. The number of halogens is 1. The second kappa shape index (κ2) is 2.75. The average Bonchev–Trinajstić information content (AvgIpc) is 2.07. The largest absolute Gasteiger partial charge is 0.328 e. The van der Waals surface area contributed by atoms with Crippen LogP contribution in [0.3, 0.4) is 0 Å². The molecule has 2 aromatic rings. The Kier molecular flexibility index (Phi) is 1.73. The second-order valence-electron chi connectivity index (χ2n) is 2.54. The molecule has 0 aliphatic carbocycles. The van der Waals surface area contributed by atoms with E-state index in [4.69, 9.17) is 0 Å². The number of hydrogen-bond donors (Lipinski definition) is 1. The van der Waals surface area contributed by atoms with Crippen LogP contribution in [0.2, 0.25) is 0 Å². The summed E-state index contributed by atoms with van der Waals surface area (Å²) < 4.78 is 0.950. The number of H-pyrrole nitrogens is 1. The van der Waals surface area contributed by atoms with Gasteiger partial charge in [-0.25, -0.2) is 0 Å². The summed E-state index contributed by atoms with van der Waals surface area (Å²) in [7, 11) is 0. The van der Waals surface area contributed by atoms with Crippen molar-refractivity contribution < 1.29 is 0 Å². The van der Waals surface area contributed by atoms with Crippen LogP contribution >= 0.6 is 15.9 Å². The fourth-order valence-electron chi connectivity index (χ4n) is 1.15. The Morgan fingerprint density at radius 3 is 3.00 bits per heavy atom. The van der Waals surface area contributed by atoms with Crippen LogP contribution in [-0.4, -0.2) is 4.98 Å². The van der Waals surface area contributed by atoms with Crippen LogP contribution in [0.1, 0.15) is 0 Å². The van der Waals surface area contributed by atoms with E-state index in [-0.39, 0.29) is 5.56 Å². The molecule has 0 saturated heterocycles. The van der Waals surface area contributed by atoms with E-state index in [9.17, 15) is 4.79 Å². The summed E-state index contributed by atoms with van der Waals surface area (Å²) in [4.78, 5) is 13.6. The summed E-state index contributed by atoms with van der Waals surface area (Å²) in [6.07, 6.45) is 1.71. The molecule has 0 aliphatic heterocycles. The van der Waals surface area contributed by atoms with Gasteiger partial charge in [0.15, 0.2) is 0 Å². The van der Waals surface area contributed by atoms with Crippen LogP contribution in [0, 0.1) is 0 Å². The van der Waals surface area contributed by atoms with E-state index in [0.717, 1.165) is 15.2 Å². The molecule has 0 aliphatic rings. The number of benzene rings is 1. The van der Waals surface area contributed by atoms with Crippen molar-refractivity contribution in [2.75, 3.05) is 0 Å². The van der Waals surface area contributed by atoms with Crippen molar-refractivity contribution in [1.82, 2.24) is 4.98 Å². The Hall–Kier alpha value is -1.09. The van der Waals surface area contributed by atoms with Crippen molar-refractivity contribution in [2.45, 2.75) is 0 Å². The Bertz CT molecular complexity index is 475. The standard InChI is InChI=1S/C9H6BrNO/c10-8-3-1-2-6-5-11-9(12)4-7(6)8/h1-5H,(H,11,12). The van der Waals surface area contributed by atoms with Crippen LogP contribution in [0.5, 0.6) is 0 Å². The van der Waals surface area contributed by atoms with Gasteiger partial charge in [0, 0.05) is 22.1 Å². The van der Waals surface area contributed by atoms with Crippen LogP contribution in [0.25, 0.3) is 10.8 Å². The summed E-state index contributed by atoms with van der Waals surface area (Å²) in [6, 6.07) is 7.39. The van der Waals surface area contributed by atoms with Gasteiger partial charge in [0.2, 0.25) is 5.56 Å². The monoisotopic (exact) mass is 223 g/mol. The highest BCUT2D eigenvalue weighted by Gasteiger charge is 1.96. The highest BCUT2D eigenvalue weighted by Crippen LogP contribution is 2.20. The zero-order valence-corrected chi connectivity index (χ0v) is 7.76. The lowest BCUT2D eigenvalue weighted by atomic mass is 10.2. The first-order valence-electron chi connectivity index (χ1n) is 3.54. The number of aromatic amines is 1. The number of pyridine rings is 1. The first-order chi connectivity index (χ1) is 5.77. The number of rotatable bonds is 0. The highest BCUT2D eigenvalue weighted by molar-refractivity contribution is 9.10. The third-order valence-corrected chi connectivity index (χ3v) is 2.42. The van der Waals surface area contributed by atoms with Crippen LogP contribution in [0.15, 0.2) is 39.7 Å². The van der Waals surface area contributed by atoms with Crippen molar-refractivity contribution >= 4 is 26.7 Å². The third kappa shape index (κ3) is 1.16. The molecule has 60 valence electrons. The topological polar surface area (TPSA) is 32.9 Å². The van der Waals surface area contributed by atoms with Crippen molar-refractivity contribution in [3.8, 4) is 0 Å². The summed E-state index contributed by atoms with van der Waals surface area (Å²) in [5.41, 5.74) is -0.0746. The molecule has 2 nitrogen and oxygen atoms in total. The zero-order chi connectivity index (χ0) is 8.55. The molecular weight excluding hydrogens is 218 g/mol. The average molecular weight is 224 g/mol. The number of fused-ring (bicyclic) bond motifs is 1. The van der Waals surface area contributed by atoms with Gasteiger partial charge in [-0.1, -0.05) is 28.1 Å². The zero-order valence-electron chi connectivity index (χ0n) is 6.17. The maximum Gasteiger partial charge on any atom is 0.248 e. The van der Waals surface area contributed by atoms with Gasteiger partial charge in [0.25, 0.3) is 0 Å². The fourth-order valence-corrected chi connectivity index (χ4v) is 1.65. The molecule has 2 rings (SSSR count). The fraction of sp³-hybridized carbons (Fsp3) is 0. The van der Waals surface area contributed by atoms with Gasteiger partial charge in [0.1, 0.15) is 0 Å². The summed E-state index contributed by atoms with van der Waals surface area (Å²) in [6.45, 7) is 0.